The van der Waals surface area contributed by atoms with Crippen molar-refractivity contribution < 1.29 is 4.42 Å². The third-order valence-electron chi connectivity index (χ3n) is 4.46. The van der Waals surface area contributed by atoms with Crippen LogP contribution < -0.4 is 10.6 Å². The second-order valence-electron chi connectivity index (χ2n) is 6.25. The Hall–Kier alpha value is -1.06. The second-order valence-corrected chi connectivity index (χ2v) is 7.23. The first-order valence-corrected chi connectivity index (χ1v) is 10.1. The zero-order valence-corrected chi connectivity index (χ0v) is 18.5. The Morgan fingerprint density at radius 1 is 1.27 bits per heavy atom. The highest BCUT2D eigenvalue weighted by atomic mass is 127. The van der Waals surface area contributed by atoms with E-state index in [4.69, 9.17) is 9.41 Å². The number of hydrogen-bond acceptors (Lipinski definition) is 4. The molecule has 1 unspecified atom stereocenters. The Kier molecular flexibility index (Phi) is 9.49. The number of nitrogens with one attached hydrogen (secondary N) is 2. The van der Waals surface area contributed by atoms with Crippen LogP contribution in [0.1, 0.15) is 36.4 Å². The smallest absolute Gasteiger partial charge is 0.191 e. The van der Waals surface area contributed by atoms with Crippen LogP contribution in [0, 0.1) is 0 Å². The van der Waals surface area contributed by atoms with Gasteiger partial charge < -0.3 is 15.1 Å². The van der Waals surface area contributed by atoms with Gasteiger partial charge in [0.25, 0.3) is 0 Å². The van der Waals surface area contributed by atoms with Crippen LogP contribution in [0.5, 0.6) is 0 Å². The molecule has 2 aromatic rings. The summed E-state index contributed by atoms with van der Waals surface area (Å²) >= 11 is 1.83. The standard InChI is InChI=1S/C19H28N4OS.HI/c1-2-20-19(21-10-9-16-7-5-13-24-16)22-15-17(18-8-6-14-25-18)23-11-3-4-12-23;/h5-8,13-14,17H,2-4,9-12,15H2,1H3,(H2,20,21,22);1H. The van der Waals surface area contributed by atoms with Gasteiger partial charge in [0.15, 0.2) is 5.96 Å². The van der Waals surface area contributed by atoms with Crippen molar-refractivity contribution in [2.45, 2.75) is 32.2 Å². The van der Waals surface area contributed by atoms with E-state index in [-0.39, 0.29) is 24.0 Å². The van der Waals surface area contributed by atoms with Crippen molar-refractivity contribution in [2.24, 2.45) is 4.99 Å². The quantitative estimate of drug-likeness (QED) is 0.336. The normalized spacial score (nSPS) is 16.3. The molecule has 144 valence electrons. The molecule has 1 fully saturated rings. The summed E-state index contributed by atoms with van der Waals surface area (Å²) in [5.41, 5.74) is 0. The van der Waals surface area contributed by atoms with Gasteiger partial charge >= 0.3 is 0 Å². The molecule has 1 atom stereocenters. The summed E-state index contributed by atoms with van der Waals surface area (Å²) in [5, 5.41) is 8.92. The lowest BCUT2D eigenvalue weighted by Gasteiger charge is -2.25. The summed E-state index contributed by atoms with van der Waals surface area (Å²) in [6, 6.07) is 8.70. The first kappa shape index (κ1) is 21.2. The molecule has 1 aliphatic rings. The van der Waals surface area contributed by atoms with Gasteiger partial charge in [0.2, 0.25) is 0 Å². The number of hydrogen-bond donors (Lipinski definition) is 2. The van der Waals surface area contributed by atoms with Crippen molar-refractivity contribution in [1.29, 1.82) is 0 Å². The number of guanidine groups is 1. The van der Waals surface area contributed by atoms with Crippen LogP contribution in [-0.2, 0) is 6.42 Å². The molecule has 7 heteroatoms. The van der Waals surface area contributed by atoms with Gasteiger partial charge in [0, 0.05) is 24.4 Å². The van der Waals surface area contributed by atoms with Gasteiger partial charge in [-0.25, -0.2) is 0 Å². The van der Waals surface area contributed by atoms with Crippen molar-refractivity contribution in [3.8, 4) is 0 Å². The fourth-order valence-corrected chi connectivity index (χ4v) is 4.05. The van der Waals surface area contributed by atoms with Crippen LogP contribution in [0.3, 0.4) is 0 Å². The van der Waals surface area contributed by atoms with Crippen LogP contribution in [0.15, 0.2) is 45.3 Å². The summed E-state index contributed by atoms with van der Waals surface area (Å²) in [5.74, 6) is 1.88. The summed E-state index contributed by atoms with van der Waals surface area (Å²) < 4.78 is 5.38. The van der Waals surface area contributed by atoms with E-state index < -0.39 is 0 Å². The molecule has 26 heavy (non-hydrogen) atoms. The van der Waals surface area contributed by atoms with Crippen LogP contribution in [0.25, 0.3) is 0 Å². The Balaban J connectivity index is 0.00000243. The molecule has 0 radical (unpaired) electrons. The van der Waals surface area contributed by atoms with Crippen LogP contribution in [-0.4, -0.2) is 43.6 Å². The van der Waals surface area contributed by atoms with Crippen molar-refractivity contribution >= 4 is 41.3 Å². The van der Waals surface area contributed by atoms with Crippen molar-refractivity contribution in [2.75, 3.05) is 32.7 Å². The zero-order valence-electron chi connectivity index (χ0n) is 15.3. The first-order chi connectivity index (χ1) is 12.4. The summed E-state index contributed by atoms with van der Waals surface area (Å²) in [6.45, 7) is 6.92. The summed E-state index contributed by atoms with van der Waals surface area (Å²) in [4.78, 5) is 8.85. The van der Waals surface area contributed by atoms with Gasteiger partial charge in [0.1, 0.15) is 5.76 Å². The largest absolute Gasteiger partial charge is 0.469 e. The monoisotopic (exact) mass is 488 g/mol. The predicted octanol–water partition coefficient (Wildman–Crippen LogP) is 3.89. The van der Waals surface area contributed by atoms with Gasteiger partial charge in [-0.2, -0.15) is 0 Å². The molecule has 0 amide bonds. The lowest BCUT2D eigenvalue weighted by Crippen LogP contribution is -2.39. The third-order valence-corrected chi connectivity index (χ3v) is 5.44. The number of nitrogens with zero attached hydrogens (tertiary/aromatic N) is 2. The highest BCUT2D eigenvalue weighted by Gasteiger charge is 2.24. The number of rotatable bonds is 8. The van der Waals surface area contributed by atoms with Crippen LogP contribution >= 0.6 is 35.3 Å². The molecule has 1 aliphatic heterocycles. The molecule has 2 aromatic heterocycles. The maximum Gasteiger partial charge on any atom is 0.191 e. The Labute approximate surface area is 177 Å². The highest BCUT2D eigenvalue weighted by Crippen LogP contribution is 2.28. The van der Waals surface area contributed by atoms with E-state index in [1.165, 1.54) is 30.8 Å². The third kappa shape index (κ3) is 6.28. The summed E-state index contributed by atoms with van der Waals surface area (Å²) in [6.07, 6.45) is 5.17. The van der Waals surface area contributed by atoms with E-state index in [2.05, 4.69) is 40.0 Å². The molecular weight excluding hydrogens is 459 g/mol. The number of furan rings is 1. The molecule has 0 bridgehead atoms. The summed E-state index contributed by atoms with van der Waals surface area (Å²) in [7, 11) is 0. The zero-order chi connectivity index (χ0) is 17.3. The van der Waals surface area contributed by atoms with E-state index in [9.17, 15) is 0 Å². The Morgan fingerprint density at radius 2 is 2.12 bits per heavy atom. The van der Waals surface area contributed by atoms with Crippen molar-refractivity contribution in [3.05, 3.63) is 46.5 Å². The maximum atomic E-state index is 5.38. The average molecular weight is 488 g/mol. The fraction of sp³-hybridized carbons (Fsp3) is 0.526. The van der Waals surface area contributed by atoms with Gasteiger partial charge in [-0.3, -0.25) is 9.89 Å². The molecule has 0 aromatic carbocycles. The highest BCUT2D eigenvalue weighted by molar-refractivity contribution is 14.0. The fourth-order valence-electron chi connectivity index (χ4n) is 3.20. The van der Waals surface area contributed by atoms with Crippen LogP contribution in [0.2, 0.25) is 0 Å². The minimum absolute atomic E-state index is 0. The van der Waals surface area contributed by atoms with Gasteiger partial charge in [-0.15, -0.1) is 35.3 Å². The number of halogens is 1. The predicted molar refractivity (Wildman–Crippen MR) is 120 cm³/mol. The molecule has 0 saturated carbocycles. The minimum atomic E-state index is 0. The van der Waals surface area contributed by atoms with Crippen molar-refractivity contribution in [3.63, 3.8) is 0 Å². The molecule has 1 saturated heterocycles. The van der Waals surface area contributed by atoms with E-state index in [0.29, 0.717) is 6.04 Å². The SMILES string of the molecule is CCNC(=NCC(c1cccs1)N1CCCC1)NCCc1ccco1.I. The molecule has 0 aliphatic carbocycles. The average Bonchev–Trinajstić information content (AvgIpc) is 3.38. The molecule has 0 spiro atoms. The number of likely N-dealkylation sites (tertiary alicyclic amines) is 1. The maximum absolute atomic E-state index is 5.38. The Morgan fingerprint density at radius 3 is 2.77 bits per heavy atom. The van der Waals surface area contributed by atoms with Gasteiger partial charge in [0.05, 0.1) is 18.8 Å². The van der Waals surface area contributed by atoms with E-state index in [0.717, 1.165) is 37.8 Å². The van der Waals surface area contributed by atoms with Gasteiger partial charge in [-0.05, 0) is 56.4 Å². The Bertz CT molecular complexity index is 624. The second kappa shape index (κ2) is 11.6. The topological polar surface area (TPSA) is 52.8 Å². The molecular formula is C19H29IN4OS. The number of aliphatic imine (C=N–C) groups is 1. The lowest BCUT2D eigenvalue weighted by atomic mass is 10.2. The number of thiophene rings is 1. The van der Waals surface area contributed by atoms with E-state index in [1.54, 1.807) is 6.26 Å². The van der Waals surface area contributed by atoms with Crippen molar-refractivity contribution in [1.82, 2.24) is 15.5 Å². The first-order valence-electron chi connectivity index (χ1n) is 9.19. The lowest BCUT2D eigenvalue weighted by molar-refractivity contribution is 0.255. The molecule has 3 rings (SSSR count). The van der Waals surface area contributed by atoms with E-state index >= 15 is 0 Å². The molecule has 2 N–H and O–H groups in total. The molecule has 5 nitrogen and oxygen atoms in total. The molecule has 3 heterocycles. The van der Waals surface area contributed by atoms with Gasteiger partial charge in [-0.1, -0.05) is 6.07 Å². The minimum Gasteiger partial charge on any atom is -0.469 e. The van der Waals surface area contributed by atoms with Crippen LogP contribution in [0.4, 0.5) is 0 Å². The van der Waals surface area contributed by atoms with E-state index in [1.807, 2.05) is 23.5 Å².